The van der Waals surface area contributed by atoms with Gasteiger partial charge in [-0.15, -0.1) is 0 Å². The molecule has 1 atom stereocenters. The Bertz CT molecular complexity index is 600. The molecule has 0 saturated heterocycles. The highest BCUT2D eigenvalue weighted by Gasteiger charge is 2.25. The number of aryl methyl sites for hydroxylation is 1. The first-order valence-electron chi connectivity index (χ1n) is 6.19. The van der Waals surface area contributed by atoms with Crippen molar-refractivity contribution >= 4 is 28.5 Å². The van der Waals surface area contributed by atoms with Crippen molar-refractivity contribution in [2.24, 2.45) is 4.40 Å². The normalized spacial score (nSPS) is 14.4. The van der Waals surface area contributed by atoms with Gasteiger partial charge in [0.1, 0.15) is 22.3 Å². The van der Waals surface area contributed by atoms with E-state index in [0.29, 0.717) is 5.69 Å². The third kappa shape index (κ3) is 3.13. The minimum absolute atomic E-state index is 0.353. The van der Waals surface area contributed by atoms with Crippen LogP contribution in [0.2, 0.25) is 0 Å². The molecular weight excluding hydrogens is 260 g/mol. The number of hydrogen-bond donors (Lipinski definition) is 0. The van der Waals surface area contributed by atoms with Crippen molar-refractivity contribution in [3.05, 3.63) is 24.2 Å². The van der Waals surface area contributed by atoms with Crippen LogP contribution < -0.4 is 0 Å². The van der Waals surface area contributed by atoms with Crippen LogP contribution in [0.25, 0.3) is 10.9 Å². The summed E-state index contributed by atoms with van der Waals surface area (Å²) in [5.41, 5.74) is 1.69. The molecular formula is C13H18N4OS. The summed E-state index contributed by atoms with van der Waals surface area (Å²) < 4.78 is 17.4. The van der Waals surface area contributed by atoms with Crippen molar-refractivity contribution in [2.45, 2.75) is 39.0 Å². The molecule has 0 radical (unpaired) electrons. The maximum atomic E-state index is 11.8. The maximum Gasteiger partial charge on any atom is 0.144 e. The summed E-state index contributed by atoms with van der Waals surface area (Å²) in [5.74, 6) is 0. The van der Waals surface area contributed by atoms with Gasteiger partial charge in [0.25, 0.3) is 0 Å². The molecule has 0 spiro atoms. The molecule has 102 valence electrons. The minimum Gasteiger partial charge on any atom is -0.591 e. The van der Waals surface area contributed by atoms with E-state index in [9.17, 15) is 4.55 Å². The average molecular weight is 278 g/mol. The van der Waals surface area contributed by atoms with Crippen LogP contribution in [-0.4, -0.2) is 30.3 Å². The molecule has 0 N–H and O–H groups in total. The predicted octanol–water partition coefficient (Wildman–Crippen LogP) is 2.33. The topological polar surface area (TPSA) is 66.1 Å². The highest BCUT2D eigenvalue weighted by Crippen LogP contribution is 2.17. The zero-order valence-corrected chi connectivity index (χ0v) is 12.4. The number of nitrogens with zero attached hydrogens (tertiary/aromatic N) is 4. The molecule has 2 aromatic rings. The van der Waals surface area contributed by atoms with Gasteiger partial charge < -0.3 is 4.55 Å². The Balaban J connectivity index is 2.25. The van der Waals surface area contributed by atoms with Gasteiger partial charge in [0.2, 0.25) is 0 Å². The standard InChI is InChI=1S/C13H18N4OS/c1-5-17-12-9-14-11(6-10(12)7-15-17)8-16-19(18)13(2,3)4/h6-9H,5H2,1-4H3. The predicted molar refractivity (Wildman–Crippen MR) is 78.7 cm³/mol. The van der Waals surface area contributed by atoms with Crippen molar-refractivity contribution < 1.29 is 4.55 Å². The molecule has 0 aliphatic heterocycles. The molecule has 0 fully saturated rings. The molecule has 5 nitrogen and oxygen atoms in total. The number of pyridine rings is 1. The Labute approximate surface area is 116 Å². The van der Waals surface area contributed by atoms with Crippen LogP contribution in [-0.2, 0) is 17.9 Å². The monoisotopic (exact) mass is 278 g/mol. The third-order valence-corrected chi connectivity index (χ3v) is 4.00. The minimum atomic E-state index is -1.26. The molecule has 0 aliphatic rings. The Morgan fingerprint density at radius 1 is 1.42 bits per heavy atom. The fourth-order valence-corrected chi connectivity index (χ4v) is 2.10. The molecule has 6 heteroatoms. The van der Waals surface area contributed by atoms with Gasteiger partial charge in [-0.25, -0.2) is 0 Å². The van der Waals surface area contributed by atoms with E-state index < -0.39 is 11.4 Å². The summed E-state index contributed by atoms with van der Waals surface area (Å²) in [4.78, 5) is 4.30. The van der Waals surface area contributed by atoms with Gasteiger partial charge in [-0.1, -0.05) is 4.40 Å². The van der Waals surface area contributed by atoms with E-state index in [1.54, 1.807) is 18.6 Å². The lowest BCUT2D eigenvalue weighted by Crippen LogP contribution is -2.25. The van der Waals surface area contributed by atoms with Gasteiger partial charge in [-0.05, 0) is 33.8 Å². The van der Waals surface area contributed by atoms with E-state index in [1.807, 2.05) is 38.4 Å². The highest BCUT2D eigenvalue weighted by molar-refractivity contribution is 7.91. The molecule has 0 bridgehead atoms. The fourth-order valence-electron chi connectivity index (χ4n) is 1.58. The lowest BCUT2D eigenvalue weighted by Gasteiger charge is -2.17. The van der Waals surface area contributed by atoms with Gasteiger partial charge in [-0.2, -0.15) is 5.10 Å². The number of rotatable bonds is 3. The van der Waals surface area contributed by atoms with Crippen molar-refractivity contribution in [2.75, 3.05) is 0 Å². The van der Waals surface area contributed by atoms with E-state index in [4.69, 9.17) is 0 Å². The SMILES string of the molecule is CCn1ncc2cc(C=N[S+]([O-])C(C)(C)C)ncc21. The summed E-state index contributed by atoms with van der Waals surface area (Å²) >= 11 is -1.26. The summed E-state index contributed by atoms with van der Waals surface area (Å²) in [6.45, 7) is 8.52. The molecule has 1 unspecified atom stereocenters. The molecule has 2 rings (SSSR count). The summed E-state index contributed by atoms with van der Waals surface area (Å²) in [6, 6.07) is 1.90. The zero-order chi connectivity index (χ0) is 14.0. The van der Waals surface area contributed by atoms with E-state index in [1.165, 1.54) is 0 Å². The first-order valence-corrected chi connectivity index (χ1v) is 7.30. The highest BCUT2D eigenvalue weighted by atomic mass is 32.2. The molecule has 0 amide bonds. The molecule has 0 aromatic carbocycles. The van der Waals surface area contributed by atoms with Gasteiger partial charge >= 0.3 is 0 Å². The Morgan fingerprint density at radius 2 is 2.16 bits per heavy atom. The van der Waals surface area contributed by atoms with E-state index in [2.05, 4.69) is 14.5 Å². The van der Waals surface area contributed by atoms with Gasteiger partial charge in [0.05, 0.1) is 23.6 Å². The van der Waals surface area contributed by atoms with Crippen molar-refractivity contribution in [3.8, 4) is 0 Å². The van der Waals surface area contributed by atoms with Crippen molar-refractivity contribution in [3.63, 3.8) is 0 Å². The summed E-state index contributed by atoms with van der Waals surface area (Å²) in [7, 11) is 0. The van der Waals surface area contributed by atoms with Crippen LogP contribution >= 0.6 is 0 Å². The van der Waals surface area contributed by atoms with Gasteiger partial charge in [-0.3, -0.25) is 9.67 Å². The van der Waals surface area contributed by atoms with Crippen LogP contribution in [0, 0.1) is 0 Å². The van der Waals surface area contributed by atoms with Gasteiger partial charge in [0.15, 0.2) is 0 Å². The summed E-state index contributed by atoms with van der Waals surface area (Å²) in [6.07, 6.45) is 5.13. The van der Waals surface area contributed by atoms with Gasteiger partial charge in [0, 0.05) is 11.9 Å². The Morgan fingerprint density at radius 3 is 2.79 bits per heavy atom. The molecule has 19 heavy (non-hydrogen) atoms. The number of fused-ring (bicyclic) bond motifs is 1. The number of aromatic nitrogens is 3. The van der Waals surface area contributed by atoms with Crippen LogP contribution in [0.3, 0.4) is 0 Å². The van der Waals surface area contributed by atoms with E-state index in [-0.39, 0.29) is 4.75 Å². The van der Waals surface area contributed by atoms with E-state index >= 15 is 0 Å². The second-order valence-electron chi connectivity index (χ2n) is 5.22. The molecule has 2 aromatic heterocycles. The zero-order valence-electron chi connectivity index (χ0n) is 11.6. The molecule has 0 aliphatic carbocycles. The second-order valence-corrected chi connectivity index (χ2v) is 7.16. The molecule has 2 heterocycles. The quantitative estimate of drug-likeness (QED) is 0.639. The van der Waals surface area contributed by atoms with E-state index in [0.717, 1.165) is 17.4 Å². The van der Waals surface area contributed by atoms with Crippen LogP contribution in [0.5, 0.6) is 0 Å². The van der Waals surface area contributed by atoms with Crippen molar-refractivity contribution in [1.29, 1.82) is 0 Å². The fraction of sp³-hybridized carbons (Fsp3) is 0.462. The average Bonchev–Trinajstić information content (AvgIpc) is 2.76. The number of hydrogen-bond acceptors (Lipinski definition) is 4. The van der Waals surface area contributed by atoms with Crippen LogP contribution in [0.4, 0.5) is 0 Å². The summed E-state index contributed by atoms with van der Waals surface area (Å²) in [5, 5.41) is 5.28. The van der Waals surface area contributed by atoms with Crippen LogP contribution in [0.15, 0.2) is 22.9 Å². The van der Waals surface area contributed by atoms with Crippen LogP contribution in [0.1, 0.15) is 33.4 Å². The Kier molecular flexibility index (Phi) is 3.91. The third-order valence-electron chi connectivity index (χ3n) is 2.65. The smallest absolute Gasteiger partial charge is 0.144 e. The lowest BCUT2D eigenvalue weighted by atomic mass is 10.3. The molecule has 0 saturated carbocycles. The first kappa shape index (κ1) is 14.0. The van der Waals surface area contributed by atoms with Crippen molar-refractivity contribution in [1.82, 2.24) is 14.8 Å². The second kappa shape index (κ2) is 5.30. The maximum absolute atomic E-state index is 11.8. The lowest BCUT2D eigenvalue weighted by molar-refractivity contribution is 0.562. The first-order chi connectivity index (χ1) is 8.91. The largest absolute Gasteiger partial charge is 0.591 e. The Hall–Kier alpha value is -1.40.